The Labute approximate surface area is 154 Å². The first-order valence-corrected chi connectivity index (χ1v) is 8.84. The summed E-state index contributed by atoms with van der Waals surface area (Å²) in [6, 6.07) is 17.8. The molecule has 0 fully saturated rings. The molecule has 0 aliphatic heterocycles. The number of hydrogen-bond donors (Lipinski definition) is 1. The van der Waals surface area contributed by atoms with Gasteiger partial charge >= 0.3 is 0 Å². The number of aryl methyl sites for hydroxylation is 1. The molecule has 3 aromatic rings. The number of hydrogen-bond acceptors (Lipinski definition) is 4. The lowest BCUT2D eigenvalue weighted by atomic mass is 10.1. The predicted molar refractivity (Wildman–Crippen MR) is 98.7 cm³/mol. The number of carbonyl (C=O) groups is 1. The summed E-state index contributed by atoms with van der Waals surface area (Å²) in [4.78, 5) is 13.3. The van der Waals surface area contributed by atoms with Crippen molar-refractivity contribution in [2.45, 2.75) is 19.4 Å². The van der Waals surface area contributed by atoms with Crippen LogP contribution in [-0.4, -0.2) is 32.7 Å². The third kappa shape index (κ3) is 5.22. The molecule has 128 valence electrons. The largest absolute Gasteiger partial charge is 0.354 e. The van der Waals surface area contributed by atoms with E-state index in [4.69, 9.17) is 0 Å². The van der Waals surface area contributed by atoms with E-state index in [0.717, 1.165) is 22.9 Å². The molecule has 1 heterocycles. The second-order valence-corrected chi connectivity index (χ2v) is 6.51. The van der Waals surface area contributed by atoms with Crippen LogP contribution in [0.1, 0.15) is 12.0 Å². The number of nitrogens with one attached hydrogen (secondary N) is 1. The summed E-state index contributed by atoms with van der Waals surface area (Å²) in [5, 5.41) is 15.1. The molecule has 2 aromatic carbocycles. The van der Waals surface area contributed by atoms with Crippen LogP contribution in [0.2, 0.25) is 0 Å². The fourth-order valence-corrected chi connectivity index (χ4v) is 2.64. The van der Waals surface area contributed by atoms with E-state index in [-0.39, 0.29) is 12.5 Å². The van der Waals surface area contributed by atoms with E-state index in [1.807, 2.05) is 42.5 Å². The van der Waals surface area contributed by atoms with E-state index in [1.165, 1.54) is 10.4 Å². The molecule has 0 radical (unpaired) electrons. The van der Waals surface area contributed by atoms with Crippen LogP contribution in [0.5, 0.6) is 0 Å². The van der Waals surface area contributed by atoms with Crippen molar-refractivity contribution in [3.63, 3.8) is 0 Å². The summed E-state index contributed by atoms with van der Waals surface area (Å²) in [6.07, 6.45) is 1.83. The summed E-state index contributed by atoms with van der Waals surface area (Å²) in [6.45, 7) is 0.691. The quantitative estimate of drug-likeness (QED) is 0.619. The van der Waals surface area contributed by atoms with Crippen molar-refractivity contribution in [1.82, 2.24) is 25.5 Å². The molecule has 1 aromatic heterocycles. The Morgan fingerprint density at radius 2 is 1.84 bits per heavy atom. The fourth-order valence-electron chi connectivity index (χ4n) is 2.37. The van der Waals surface area contributed by atoms with Crippen LogP contribution in [0.25, 0.3) is 11.4 Å². The van der Waals surface area contributed by atoms with E-state index < -0.39 is 0 Å². The van der Waals surface area contributed by atoms with Crippen molar-refractivity contribution in [2.75, 3.05) is 6.54 Å². The van der Waals surface area contributed by atoms with Crippen molar-refractivity contribution in [1.29, 1.82) is 0 Å². The molecule has 3 rings (SSSR count). The van der Waals surface area contributed by atoms with Crippen molar-refractivity contribution in [3.05, 3.63) is 64.6 Å². The van der Waals surface area contributed by atoms with Gasteiger partial charge in [-0.1, -0.05) is 46.3 Å². The number of nitrogens with zero attached hydrogens (tertiary/aromatic N) is 4. The normalized spacial score (nSPS) is 10.6. The van der Waals surface area contributed by atoms with Gasteiger partial charge in [-0.3, -0.25) is 4.79 Å². The van der Waals surface area contributed by atoms with Gasteiger partial charge in [-0.15, -0.1) is 10.2 Å². The maximum atomic E-state index is 12.0. The standard InChI is InChI=1S/C18H18BrN5O/c19-16-10-8-15(9-11-16)18-21-23-24(22-18)13-17(25)20-12-4-7-14-5-2-1-3-6-14/h1-3,5-6,8-11H,4,7,12-13H2,(H,20,25). The van der Waals surface area contributed by atoms with Gasteiger partial charge in [0.15, 0.2) is 0 Å². The number of rotatable bonds is 7. The first-order chi connectivity index (χ1) is 12.2. The number of aromatic nitrogens is 4. The molecule has 0 saturated carbocycles. The molecule has 0 aliphatic carbocycles. The van der Waals surface area contributed by atoms with Gasteiger partial charge in [0, 0.05) is 16.6 Å². The molecular weight excluding hydrogens is 382 g/mol. The van der Waals surface area contributed by atoms with Crippen molar-refractivity contribution in [3.8, 4) is 11.4 Å². The maximum absolute atomic E-state index is 12.0. The average molecular weight is 400 g/mol. The lowest BCUT2D eigenvalue weighted by Crippen LogP contribution is -2.29. The fraction of sp³-hybridized carbons (Fsp3) is 0.222. The molecular formula is C18H18BrN5O. The zero-order valence-electron chi connectivity index (χ0n) is 13.6. The smallest absolute Gasteiger partial charge is 0.243 e. The molecule has 0 spiro atoms. The van der Waals surface area contributed by atoms with Crippen molar-refractivity contribution < 1.29 is 4.79 Å². The average Bonchev–Trinajstić information content (AvgIpc) is 3.09. The first-order valence-electron chi connectivity index (χ1n) is 8.05. The number of tetrazole rings is 1. The highest BCUT2D eigenvalue weighted by molar-refractivity contribution is 9.10. The highest BCUT2D eigenvalue weighted by atomic mass is 79.9. The molecule has 0 unspecified atom stereocenters. The number of benzene rings is 2. The lowest BCUT2D eigenvalue weighted by molar-refractivity contribution is -0.122. The van der Waals surface area contributed by atoms with E-state index in [1.54, 1.807) is 0 Å². The van der Waals surface area contributed by atoms with Crippen molar-refractivity contribution in [2.24, 2.45) is 0 Å². The van der Waals surface area contributed by atoms with Gasteiger partial charge in [0.05, 0.1) is 0 Å². The zero-order chi connectivity index (χ0) is 17.5. The van der Waals surface area contributed by atoms with Crippen LogP contribution in [0, 0.1) is 0 Å². The number of carbonyl (C=O) groups excluding carboxylic acids is 1. The molecule has 6 nitrogen and oxygen atoms in total. The van der Waals surface area contributed by atoms with Gasteiger partial charge in [0.2, 0.25) is 11.7 Å². The molecule has 1 amide bonds. The Morgan fingerprint density at radius 1 is 1.08 bits per heavy atom. The maximum Gasteiger partial charge on any atom is 0.243 e. The van der Waals surface area contributed by atoms with Crippen molar-refractivity contribution >= 4 is 21.8 Å². The topological polar surface area (TPSA) is 72.7 Å². The van der Waals surface area contributed by atoms with Gasteiger partial charge in [-0.2, -0.15) is 4.80 Å². The van der Waals surface area contributed by atoms with E-state index in [9.17, 15) is 4.79 Å². The van der Waals surface area contributed by atoms with Crippen LogP contribution in [0.15, 0.2) is 59.1 Å². The highest BCUT2D eigenvalue weighted by Crippen LogP contribution is 2.17. The van der Waals surface area contributed by atoms with Crippen LogP contribution >= 0.6 is 15.9 Å². The van der Waals surface area contributed by atoms with E-state index in [0.29, 0.717) is 12.4 Å². The minimum Gasteiger partial charge on any atom is -0.354 e. The minimum atomic E-state index is -0.118. The number of halogens is 1. The minimum absolute atomic E-state index is 0.0644. The molecule has 0 saturated heterocycles. The summed E-state index contributed by atoms with van der Waals surface area (Å²) in [7, 11) is 0. The van der Waals surface area contributed by atoms with Gasteiger partial charge in [0.25, 0.3) is 0 Å². The third-order valence-corrected chi connectivity index (χ3v) is 4.18. The molecule has 1 N–H and O–H groups in total. The Kier molecular flexibility index (Phi) is 5.90. The Morgan fingerprint density at radius 3 is 2.60 bits per heavy atom. The zero-order valence-corrected chi connectivity index (χ0v) is 15.2. The van der Waals surface area contributed by atoms with Gasteiger partial charge in [-0.05, 0) is 47.9 Å². The summed E-state index contributed by atoms with van der Waals surface area (Å²) >= 11 is 3.39. The van der Waals surface area contributed by atoms with Crippen LogP contribution in [0.4, 0.5) is 0 Å². The lowest BCUT2D eigenvalue weighted by Gasteiger charge is -2.04. The molecule has 0 atom stereocenters. The monoisotopic (exact) mass is 399 g/mol. The summed E-state index contributed by atoms with van der Waals surface area (Å²) in [5.41, 5.74) is 2.13. The van der Waals surface area contributed by atoms with E-state index in [2.05, 4.69) is 48.8 Å². The van der Waals surface area contributed by atoms with Crippen LogP contribution in [-0.2, 0) is 17.8 Å². The summed E-state index contributed by atoms with van der Waals surface area (Å²) in [5.74, 6) is 0.386. The van der Waals surface area contributed by atoms with Gasteiger partial charge in [-0.25, -0.2) is 0 Å². The second-order valence-electron chi connectivity index (χ2n) is 5.59. The predicted octanol–water partition coefficient (Wildman–Crippen LogP) is 2.85. The SMILES string of the molecule is O=C(Cn1nnc(-c2ccc(Br)cc2)n1)NCCCc1ccccc1. The molecule has 7 heteroatoms. The van der Waals surface area contributed by atoms with Crippen LogP contribution in [0.3, 0.4) is 0 Å². The third-order valence-electron chi connectivity index (χ3n) is 3.65. The Bertz CT molecular complexity index is 817. The van der Waals surface area contributed by atoms with Gasteiger partial charge in [0.1, 0.15) is 6.54 Å². The Hall–Kier alpha value is -2.54. The Balaban J connectivity index is 1.44. The van der Waals surface area contributed by atoms with Crippen LogP contribution < -0.4 is 5.32 Å². The van der Waals surface area contributed by atoms with Gasteiger partial charge < -0.3 is 5.32 Å². The first kappa shape index (κ1) is 17.3. The number of amides is 1. The summed E-state index contributed by atoms with van der Waals surface area (Å²) < 4.78 is 0.985. The second kappa shape index (κ2) is 8.53. The molecule has 25 heavy (non-hydrogen) atoms. The highest BCUT2D eigenvalue weighted by Gasteiger charge is 2.09. The molecule has 0 aliphatic rings. The van der Waals surface area contributed by atoms with E-state index >= 15 is 0 Å². The molecule has 0 bridgehead atoms.